The highest BCUT2D eigenvalue weighted by atomic mass is 32.1. The standard InChI is InChI=1S/C18H27NOS/c1-5-18(4,12-6-7-15(2)3)20-19-13-16-8-10-17(14-21)11-9-16/h5,8-11,13,15,21H,1,6-7,12,14H2,2-4H3. The van der Waals surface area contributed by atoms with Crippen molar-refractivity contribution in [3.63, 3.8) is 0 Å². The summed E-state index contributed by atoms with van der Waals surface area (Å²) in [6.45, 7) is 10.4. The van der Waals surface area contributed by atoms with Gasteiger partial charge in [0, 0.05) is 5.75 Å². The van der Waals surface area contributed by atoms with Crippen LogP contribution in [0.3, 0.4) is 0 Å². The maximum absolute atomic E-state index is 5.66. The van der Waals surface area contributed by atoms with Gasteiger partial charge >= 0.3 is 0 Å². The van der Waals surface area contributed by atoms with Gasteiger partial charge in [-0.15, -0.1) is 0 Å². The molecule has 0 amide bonds. The van der Waals surface area contributed by atoms with Crippen LogP contribution in [0.25, 0.3) is 0 Å². The molecule has 0 N–H and O–H groups in total. The fourth-order valence-electron chi connectivity index (χ4n) is 1.96. The summed E-state index contributed by atoms with van der Waals surface area (Å²) >= 11 is 4.24. The Kier molecular flexibility index (Phi) is 7.58. The molecule has 0 aliphatic carbocycles. The van der Waals surface area contributed by atoms with Gasteiger partial charge in [-0.2, -0.15) is 12.6 Å². The Balaban J connectivity index is 2.52. The van der Waals surface area contributed by atoms with Crippen molar-refractivity contribution in [1.29, 1.82) is 0 Å². The molecule has 0 bridgehead atoms. The second kappa shape index (κ2) is 8.93. The van der Waals surface area contributed by atoms with E-state index in [-0.39, 0.29) is 0 Å². The Labute approximate surface area is 134 Å². The Morgan fingerprint density at radius 2 is 2.00 bits per heavy atom. The maximum atomic E-state index is 5.66. The zero-order valence-electron chi connectivity index (χ0n) is 13.4. The van der Waals surface area contributed by atoms with E-state index in [4.69, 9.17) is 4.84 Å². The van der Waals surface area contributed by atoms with E-state index in [1.165, 1.54) is 12.0 Å². The van der Waals surface area contributed by atoms with Crippen molar-refractivity contribution < 1.29 is 4.84 Å². The van der Waals surface area contributed by atoms with Crippen molar-refractivity contribution in [3.8, 4) is 0 Å². The normalized spacial score (nSPS) is 14.3. The molecule has 0 heterocycles. The molecule has 1 aromatic rings. The number of benzene rings is 1. The van der Waals surface area contributed by atoms with E-state index in [2.05, 4.69) is 38.2 Å². The van der Waals surface area contributed by atoms with Gasteiger partial charge in [0.1, 0.15) is 0 Å². The van der Waals surface area contributed by atoms with E-state index < -0.39 is 5.60 Å². The summed E-state index contributed by atoms with van der Waals surface area (Å²) in [6, 6.07) is 8.12. The molecule has 21 heavy (non-hydrogen) atoms. The third-order valence-electron chi connectivity index (χ3n) is 3.51. The molecule has 0 fully saturated rings. The molecule has 3 heteroatoms. The quantitative estimate of drug-likeness (QED) is 0.286. The van der Waals surface area contributed by atoms with E-state index in [9.17, 15) is 0 Å². The Hall–Kier alpha value is -1.22. The van der Waals surface area contributed by atoms with Crippen LogP contribution in [0.5, 0.6) is 0 Å². The third-order valence-corrected chi connectivity index (χ3v) is 3.88. The molecular formula is C18H27NOS. The van der Waals surface area contributed by atoms with Crippen LogP contribution in [0, 0.1) is 5.92 Å². The molecule has 0 spiro atoms. The summed E-state index contributed by atoms with van der Waals surface area (Å²) in [5.41, 5.74) is 1.83. The van der Waals surface area contributed by atoms with Gasteiger partial charge in [0.15, 0.2) is 5.60 Å². The minimum Gasteiger partial charge on any atom is -0.385 e. The Morgan fingerprint density at radius 1 is 1.33 bits per heavy atom. The molecule has 1 unspecified atom stereocenters. The van der Waals surface area contributed by atoms with Crippen LogP contribution >= 0.6 is 12.6 Å². The summed E-state index contributed by atoms with van der Waals surface area (Å²) in [5, 5.41) is 4.12. The summed E-state index contributed by atoms with van der Waals surface area (Å²) in [6.07, 6.45) is 6.83. The Morgan fingerprint density at radius 3 is 2.52 bits per heavy atom. The van der Waals surface area contributed by atoms with Gasteiger partial charge < -0.3 is 4.84 Å². The van der Waals surface area contributed by atoms with Crippen molar-refractivity contribution in [2.75, 3.05) is 0 Å². The van der Waals surface area contributed by atoms with Gasteiger partial charge in [-0.05, 0) is 42.9 Å². The lowest BCUT2D eigenvalue weighted by atomic mass is 9.96. The molecule has 0 radical (unpaired) electrons. The monoisotopic (exact) mass is 305 g/mol. The number of hydrogen-bond acceptors (Lipinski definition) is 3. The molecule has 1 rings (SSSR count). The second-order valence-corrected chi connectivity index (χ2v) is 6.34. The molecule has 116 valence electrons. The van der Waals surface area contributed by atoms with Gasteiger partial charge in [-0.3, -0.25) is 0 Å². The largest absolute Gasteiger partial charge is 0.385 e. The number of oxime groups is 1. The van der Waals surface area contributed by atoms with Crippen LogP contribution in [0.1, 0.15) is 51.2 Å². The van der Waals surface area contributed by atoms with Crippen LogP contribution in [0.15, 0.2) is 42.1 Å². The zero-order chi connectivity index (χ0) is 15.7. The van der Waals surface area contributed by atoms with E-state index in [1.807, 2.05) is 37.3 Å². The minimum absolute atomic E-state index is 0.392. The third kappa shape index (κ3) is 6.85. The molecule has 0 aliphatic heterocycles. The molecule has 0 aromatic heterocycles. The molecular weight excluding hydrogens is 278 g/mol. The smallest absolute Gasteiger partial charge is 0.152 e. The highest BCUT2D eigenvalue weighted by Gasteiger charge is 2.21. The van der Waals surface area contributed by atoms with Crippen LogP contribution < -0.4 is 0 Å². The fraction of sp³-hybridized carbons (Fsp3) is 0.500. The number of hydrogen-bond donors (Lipinski definition) is 1. The van der Waals surface area contributed by atoms with Gasteiger partial charge in [0.25, 0.3) is 0 Å². The van der Waals surface area contributed by atoms with Crippen molar-refractivity contribution in [1.82, 2.24) is 0 Å². The molecule has 1 aromatic carbocycles. The van der Waals surface area contributed by atoms with E-state index >= 15 is 0 Å². The summed E-state index contributed by atoms with van der Waals surface area (Å²) in [7, 11) is 0. The SMILES string of the molecule is C=CC(C)(CCCC(C)C)ON=Cc1ccc(CS)cc1. The lowest BCUT2D eigenvalue weighted by Gasteiger charge is -2.23. The zero-order valence-corrected chi connectivity index (χ0v) is 14.3. The van der Waals surface area contributed by atoms with E-state index in [1.54, 1.807) is 6.21 Å². The number of rotatable bonds is 9. The lowest BCUT2D eigenvalue weighted by molar-refractivity contribution is 0.00224. The minimum atomic E-state index is -0.392. The average Bonchev–Trinajstić information content (AvgIpc) is 2.47. The molecule has 0 saturated carbocycles. The van der Waals surface area contributed by atoms with Crippen molar-refractivity contribution >= 4 is 18.8 Å². The summed E-state index contributed by atoms with van der Waals surface area (Å²) < 4.78 is 0. The van der Waals surface area contributed by atoms with E-state index in [0.717, 1.165) is 24.2 Å². The van der Waals surface area contributed by atoms with Gasteiger partial charge in [0.05, 0.1) is 6.21 Å². The van der Waals surface area contributed by atoms with Crippen LogP contribution in [0.4, 0.5) is 0 Å². The highest BCUT2D eigenvalue weighted by Crippen LogP contribution is 2.22. The van der Waals surface area contributed by atoms with Crippen LogP contribution in [-0.2, 0) is 10.6 Å². The van der Waals surface area contributed by atoms with Gasteiger partial charge in [0.2, 0.25) is 0 Å². The maximum Gasteiger partial charge on any atom is 0.152 e. The van der Waals surface area contributed by atoms with Crippen molar-refractivity contribution in [3.05, 3.63) is 48.0 Å². The molecule has 2 nitrogen and oxygen atoms in total. The Bertz CT molecular complexity index is 453. The first kappa shape index (κ1) is 17.8. The van der Waals surface area contributed by atoms with Gasteiger partial charge in [-0.25, -0.2) is 0 Å². The van der Waals surface area contributed by atoms with E-state index in [0.29, 0.717) is 5.92 Å². The topological polar surface area (TPSA) is 21.6 Å². The fourth-order valence-corrected chi connectivity index (χ4v) is 2.17. The molecule has 1 atom stereocenters. The second-order valence-electron chi connectivity index (χ2n) is 6.03. The number of thiol groups is 1. The van der Waals surface area contributed by atoms with Crippen LogP contribution in [-0.4, -0.2) is 11.8 Å². The first-order valence-corrected chi connectivity index (χ1v) is 8.17. The predicted octanol–water partition coefficient (Wildman–Crippen LogP) is 5.24. The van der Waals surface area contributed by atoms with Crippen molar-refractivity contribution in [2.45, 2.75) is 51.4 Å². The first-order valence-electron chi connectivity index (χ1n) is 7.54. The lowest BCUT2D eigenvalue weighted by Crippen LogP contribution is -2.23. The number of nitrogens with zero attached hydrogens (tertiary/aromatic N) is 1. The van der Waals surface area contributed by atoms with Crippen LogP contribution in [0.2, 0.25) is 0 Å². The highest BCUT2D eigenvalue weighted by molar-refractivity contribution is 7.79. The van der Waals surface area contributed by atoms with Gasteiger partial charge in [-0.1, -0.05) is 56.3 Å². The average molecular weight is 305 g/mol. The summed E-state index contributed by atoms with van der Waals surface area (Å²) in [4.78, 5) is 5.66. The van der Waals surface area contributed by atoms with Crippen molar-refractivity contribution in [2.24, 2.45) is 11.1 Å². The molecule has 0 aliphatic rings. The summed E-state index contributed by atoms with van der Waals surface area (Å²) in [5.74, 6) is 1.46. The predicted molar refractivity (Wildman–Crippen MR) is 95.1 cm³/mol. The molecule has 0 saturated heterocycles. The first-order chi connectivity index (χ1) is 9.99.